The minimum absolute atomic E-state index is 0.0194. The van der Waals surface area contributed by atoms with Crippen molar-refractivity contribution in [2.24, 2.45) is 5.92 Å². The first-order chi connectivity index (χ1) is 20.3. The fraction of sp³-hybridized carbons (Fsp3) is 0.323. The Labute approximate surface area is 244 Å². The Balaban J connectivity index is 1.44. The number of esters is 1. The van der Waals surface area contributed by atoms with Crippen molar-refractivity contribution < 1.29 is 45.8 Å². The summed E-state index contributed by atoms with van der Waals surface area (Å²) in [6.07, 6.45) is -0.485. The zero-order valence-electron chi connectivity index (χ0n) is 23.7. The lowest BCUT2D eigenvalue weighted by Gasteiger charge is -2.29. The number of benzene rings is 3. The van der Waals surface area contributed by atoms with Crippen LogP contribution in [0.25, 0.3) is 11.1 Å². The first-order valence-corrected chi connectivity index (χ1v) is 13.5. The maximum atomic E-state index is 14.0. The van der Waals surface area contributed by atoms with Crippen molar-refractivity contribution >= 4 is 18.0 Å². The molecule has 0 heterocycles. The van der Waals surface area contributed by atoms with Gasteiger partial charge in [-0.05, 0) is 42.0 Å². The van der Waals surface area contributed by atoms with Gasteiger partial charge in [0.15, 0.2) is 0 Å². The molecule has 2 amide bonds. The van der Waals surface area contributed by atoms with E-state index in [1.807, 2.05) is 48.5 Å². The highest BCUT2D eigenvalue weighted by molar-refractivity contribution is 5.92. The Bertz CT molecular complexity index is 1500. The fourth-order valence-corrected chi connectivity index (χ4v) is 4.80. The third-order valence-corrected chi connectivity index (χ3v) is 7.42. The Kier molecular flexibility index (Phi) is 9.07. The minimum Gasteiger partial charge on any atom is -0.449 e. The Hall–Kier alpha value is -4.48. The monoisotopic (exact) mass is 604 g/mol. The molecule has 12 heteroatoms. The summed E-state index contributed by atoms with van der Waals surface area (Å²) in [6.45, 7) is 5.59. The van der Waals surface area contributed by atoms with Crippen molar-refractivity contribution in [3.63, 3.8) is 0 Å². The second kappa shape index (κ2) is 12.4. The number of carbonyl (C=O) groups is 3. The van der Waals surface area contributed by atoms with Crippen molar-refractivity contribution in [3.05, 3.63) is 88.7 Å². The smallest absolute Gasteiger partial charge is 0.407 e. The molecule has 2 atom stereocenters. The average Bonchev–Trinajstić information content (AvgIpc) is 3.31. The van der Waals surface area contributed by atoms with Crippen LogP contribution in [0.1, 0.15) is 51.2 Å². The van der Waals surface area contributed by atoms with Gasteiger partial charge in [-0.1, -0.05) is 68.8 Å². The second-order valence-electron chi connectivity index (χ2n) is 10.7. The molecule has 228 valence electrons. The SMILES string of the molecule is CC[C@H](C)[C@H](NC(=O)OCC1c2ccccc2-c2ccccc21)C(=O)NC(C)(C)C(=O)Oc1c(F)c(F)c(F)c(F)c1F. The molecule has 0 fully saturated rings. The molecule has 3 aromatic carbocycles. The highest BCUT2D eigenvalue weighted by Gasteiger charge is 2.38. The van der Waals surface area contributed by atoms with Crippen molar-refractivity contribution in [1.82, 2.24) is 10.6 Å². The highest BCUT2D eigenvalue weighted by Crippen LogP contribution is 2.44. The summed E-state index contributed by atoms with van der Waals surface area (Å²) in [4.78, 5) is 38.8. The summed E-state index contributed by atoms with van der Waals surface area (Å²) < 4.78 is 78.5. The van der Waals surface area contributed by atoms with E-state index < -0.39 is 70.3 Å². The fourth-order valence-electron chi connectivity index (χ4n) is 4.80. The Morgan fingerprint density at radius 3 is 1.84 bits per heavy atom. The second-order valence-corrected chi connectivity index (χ2v) is 10.7. The van der Waals surface area contributed by atoms with Gasteiger partial charge in [0.25, 0.3) is 0 Å². The Morgan fingerprint density at radius 2 is 1.33 bits per heavy atom. The predicted molar refractivity (Wildman–Crippen MR) is 146 cm³/mol. The third-order valence-electron chi connectivity index (χ3n) is 7.42. The topological polar surface area (TPSA) is 93.7 Å². The van der Waals surface area contributed by atoms with Gasteiger partial charge in [0, 0.05) is 5.92 Å². The molecule has 4 rings (SSSR count). The van der Waals surface area contributed by atoms with Crippen LogP contribution in [0.2, 0.25) is 0 Å². The van der Waals surface area contributed by atoms with Crippen molar-refractivity contribution in [2.45, 2.75) is 51.6 Å². The number of carbonyl (C=O) groups excluding carboxylic acids is 3. The largest absolute Gasteiger partial charge is 0.449 e. The van der Waals surface area contributed by atoms with Crippen molar-refractivity contribution in [2.75, 3.05) is 6.61 Å². The maximum Gasteiger partial charge on any atom is 0.407 e. The van der Waals surface area contributed by atoms with E-state index in [9.17, 15) is 36.3 Å². The number of halogens is 5. The van der Waals surface area contributed by atoms with Crippen LogP contribution in [0.5, 0.6) is 5.75 Å². The first kappa shape index (κ1) is 31.5. The molecule has 0 unspecified atom stereocenters. The number of nitrogens with one attached hydrogen (secondary N) is 2. The molecule has 0 aliphatic heterocycles. The molecule has 0 radical (unpaired) electrons. The molecular weight excluding hydrogens is 575 g/mol. The van der Waals surface area contributed by atoms with Crippen LogP contribution in [0.3, 0.4) is 0 Å². The van der Waals surface area contributed by atoms with E-state index in [1.54, 1.807) is 13.8 Å². The van der Waals surface area contributed by atoms with Crippen LogP contribution in [-0.4, -0.2) is 36.2 Å². The first-order valence-electron chi connectivity index (χ1n) is 13.5. The number of amides is 2. The van der Waals surface area contributed by atoms with Gasteiger partial charge in [0.2, 0.25) is 40.7 Å². The molecule has 0 bridgehead atoms. The molecule has 2 N–H and O–H groups in total. The molecule has 1 aliphatic rings. The summed E-state index contributed by atoms with van der Waals surface area (Å²) in [5.41, 5.74) is 2.02. The number of ether oxygens (including phenoxy) is 2. The van der Waals surface area contributed by atoms with Gasteiger partial charge < -0.3 is 20.1 Å². The highest BCUT2D eigenvalue weighted by atomic mass is 19.2. The van der Waals surface area contributed by atoms with Gasteiger partial charge in [-0.25, -0.2) is 22.8 Å². The van der Waals surface area contributed by atoms with Gasteiger partial charge in [0.1, 0.15) is 18.2 Å². The van der Waals surface area contributed by atoms with Gasteiger partial charge in [0.05, 0.1) is 0 Å². The number of hydrogen-bond acceptors (Lipinski definition) is 5. The summed E-state index contributed by atoms with van der Waals surface area (Å²) >= 11 is 0. The van der Waals surface area contributed by atoms with E-state index in [0.717, 1.165) is 36.1 Å². The normalized spacial score (nSPS) is 13.9. The van der Waals surface area contributed by atoms with Crippen LogP contribution in [-0.2, 0) is 14.3 Å². The Morgan fingerprint density at radius 1 is 0.837 bits per heavy atom. The molecule has 3 aromatic rings. The van der Waals surface area contributed by atoms with Crippen molar-refractivity contribution in [3.8, 4) is 16.9 Å². The minimum atomic E-state index is -2.42. The van der Waals surface area contributed by atoms with Crippen LogP contribution < -0.4 is 15.4 Å². The van der Waals surface area contributed by atoms with E-state index in [1.165, 1.54) is 0 Å². The van der Waals surface area contributed by atoms with E-state index in [0.29, 0.717) is 6.42 Å². The maximum absolute atomic E-state index is 14.0. The lowest BCUT2D eigenvalue weighted by atomic mass is 9.96. The molecular formula is C31H29F5N2O5. The van der Waals surface area contributed by atoms with Crippen molar-refractivity contribution in [1.29, 1.82) is 0 Å². The van der Waals surface area contributed by atoms with Crippen LogP contribution in [0.4, 0.5) is 26.7 Å². The predicted octanol–water partition coefficient (Wildman–Crippen LogP) is 6.14. The molecule has 1 aliphatic carbocycles. The zero-order chi connectivity index (χ0) is 31.6. The molecule has 43 heavy (non-hydrogen) atoms. The van der Waals surface area contributed by atoms with Gasteiger partial charge in [-0.3, -0.25) is 4.79 Å². The van der Waals surface area contributed by atoms with Gasteiger partial charge in [-0.15, -0.1) is 0 Å². The summed E-state index contributed by atoms with van der Waals surface area (Å²) in [5, 5.41) is 4.81. The number of alkyl carbamates (subject to hydrolysis) is 1. The summed E-state index contributed by atoms with van der Waals surface area (Å²) in [5.74, 6) is -16.6. The van der Waals surface area contributed by atoms with Crippen LogP contribution >= 0.6 is 0 Å². The molecule has 0 saturated carbocycles. The average molecular weight is 605 g/mol. The summed E-state index contributed by atoms with van der Waals surface area (Å²) in [7, 11) is 0. The lowest BCUT2D eigenvalue weighted by molar-refractivity contribution is -0.144. The zero-order valence-corrected chi connectivity index (χ0v) is 23.7. The van der Waals surface area contributed by atoms with E-state index >= 15 is 0 Å². The standard InChI is InChI=1S/C31H29F5N2O5/c1-5-15(2)26(28(39)38-31(3,4)29(40)43-27-24(35)22(33)21(32)23(34)25(27)36)37-30(41)42-14-20-18-12-8-6-10-16(18)17-11-7-9-13-19(17)20/h6-13,15,20,26H,5,14H2,1-4H3,(H,37,41)(H,38,39)/t15-,26-/m0/s1. The summed E-state index contributed by atoms with van der Waals surface area (Å²) in [6, 6.07) is 14.3. The van der Waals surface area contributed by atoms with Gasteiger partial charge >= 0.3 is 12.1 Å². The third kappa shape index (κ3) is 6.18. The molecule has 0 spiro atoms. The lowest BCUT2D eigenvalue weighted by Crippen LogP contribution is -2.59. The number of fused-ring (bicyclic) bond motifs is 3. The number of rotatable bonds is 9. The quantitative estimate of drug-likeness (QED) is 0.101. The van der Waals surface area contributed by atoms with Gasteiger partial charge in [-0.2, -0.15) is 8.78 Å². The van der Waals surface area contributed by atoms with E-state index in [4.69, 9.17) is 4.74 Å². The molecule has 0 aromatic heterocycles. The molecule has 7 nitrogen and oxygen atoms in total. The van der Waals surface area contributed by atoms with E-state index in [-0.39, 0.29) is 12.5 Å². The van der Waals surface area contributed by atoms with Crippen LogP contribution in [0, 0.1) is 35.0 Å². The molecule has 0 saturated heterocycles. The number of hydrogen-bond donors (Lipinski definition) is 2. The van der Waals surface area contributed by atoms with E-state index in [2.05, 4.69) is 15.4 Å². The van der Waals surface area contributed by atoms with Crippen LogP contribution in [0.15, 0.2) is 48.5 Å².